The Morgan fingerprint density at radius 1 is 1.00 bits per heavy atom. The van der Waals surface area contributed by atoms with E-state index in [1.165, 1.54) is 0 Å². The number of aliphatic imine (C=N–C) groups is 1. The van der Waals surface area contributed by atoms with E-state index in [1.807, 2.05) is 42.5 Å². The molecule has 0 spiro atoms. The van der Waals surface area contributed by atoms with Gasteiger partial charge in [0.05, 0.1) is 19.8 Å². The second kappa shape index (κ2) is 5.95. The second-order valence-corrected chi connectivity index (χ2v) is 6.11. The maximum absolute atomic E-state index is 5.84. The summed E-state index contributed by atoms with van der Waals surface area (Å²) in [7, 11) is 3.29. The van der Waals surface area contributed by atoms with Gasteiger partial charge in [0.25, 0.3) is 0 Å². The molecular weight excluding hydrogens is 290 g/mol. The number of hydrogen-bond donors (Lipinski definition) is 0. The molecule has 4 nitrogen and oxygen atoms in total. The molecule has 0 saturated heterocycles. The zero-order valence-corrected chi connectivity index (χ0v) is 13.9. The van der Waals surface area contributed by atoms with E-state index in [0.29, 0.717) is 24.0 Å². The van der Waals surface area contributed by atoms with Crippen molar-refractivity contribution < 1.29 is 14.2 Å². The molecule has 0 N–H and O–H groups in total. The van der Waals surface area contributed by atoms with Crippen molar-refractivity contribution in [2.24, 2.45) is 4.99 Å². The fourth-order valence-corrected chi connectivity index (χ4v) is 2.72. The summed E-state index contributed by atoms with van der Waals surface area (Å²) in [5.74, 6) is 2.02. The first kappa shape index (κ1) is 15.4. The topological polar surface area (TPSA) is 40.0 Å². The van der Waals surface area contributed by atoms with Gasteiger partial charge in [0.15, 0.2) is 11.5 Å². The fraction of sp³-hybridized carbons (Fsp3) is 0.316. The number of hydrogen-bond acceptors (Lipinski definition) is 4. The molecule has 0 fully saturated rings. The van der Waals surface area contributed by atoms with Crippen LogP contribution in [0.15, 0.2) is 47.5 Å². The van der Waals surface area contributed by atoms with Gasteiger partial charge < -0.3 is 14.2 Å². The molecular formula is C19H21NO3. The molecule has 3 rings (SSSR count). The molecule has 1 heterocycles. The van der Waals surface area contributed by atoms with Crippen LogP contribution in [0, 0.1) is 0 Å². The van der Waals surface area contributed by atoms with Crippen molar-refractivity contribution in [3.8, 4) is 22.6 Å². The fourth-order valence-electron chi connectivity index (χ4n) is 2.72. The molecule has 120 valence electrons. The average molecular weight is 311 g/mol. The van der Waals surface area contributed by atoms with Gasteiger partial charge in [-0.2, -0.15) is 0 Å². The van der Waals surface area contributed by atoms with Crippen LogP contribution in [0.5, 0.6) is 11.5 Å². The third-order valence-corrected chi connectivity index (χ3v) is 3.80. The van der Waals surface area contributed by atoms with Gasteiger partial charge in [0.1, 0.15) is 6.61 Å². The van der Waals surface area contributed by atoms with Crippen molar-refractivity contribution in [3.05, 3.63) is 48.0 Å². The number of rotatable bonds is 4. The van der Waals surface area contributed by atoms with E-state index in [4.69, 9.17) is 19.2 Å². The Kier molecular flexibility index (Phi) is 3.99. The molecule has 0 aliphatic carbocycles. The smallest absolute Gasteiger partial charge is 0.217 e. The highest BCUT2D eigenvalue weighted by atomic mass is 16.5. The van der Waals surface area contributed by atoms with Crippen LogP contribution in [-0.2, 0) is 4.74 Å². The normalized spacial score (nSPS) is 15.7. The summed E-state index contributed by atoms with van der Waals surface area (Å²) >= 11 is 0. The number of methoxy groups -OCH3 is 2. The molecule has 0 saturated carbocycles. The standard InChI is InChI=1S/C19H21NO3/c1-19(2)12-23-18(20-19)14-10-11-15(21-3)17(22-4)16(14)13-8-6-5-7-9-13/h5-11H,12H2,1-4H3. The Morgan fingerprint density at radius 3 is 2.30 bits per heavy atom. The van der Waals surface area contributed by atoms with Crippen molar-refractivity contribution in [2.45, 2.75) is 19.4 Å². The molecule has 1 aliphatic rings. The van der Waals surface area contributed by atoms with E-state index < -0.39 is 0 Å². The van der Waals surface area contributed by atoms with Gasteiger partial charge in [0.2, 0.25) is 5.90 Å². The van der Waals surface area contributed by atoms with Crippen LogP contribution in [0.25, 0.3) is 11.1 Å². The van der Waals surface area contributed by atoms with Gasteiger partial charge in [-0.25, -0.2) is 4.99 Å². The van der Waals surface area contributed by atoms with Crippen LogP contribution in [-0.4, -0.2) is 32.3 Å². The number of ether oxygens (including phenoxy) is 3. The molecule has 0 amide bonds. The van der Waals surface area contributed by atoms with E-state index in [0.717, 1.165) is 16.7 Å². The highest BCUT2D eigenvalue weighted by Crippen LogP contribution is 2.41. The van der Waals surface area contributed by atoms with E-state index in [1.54, 1.807) is 14.2 Å². The Bertz CT molecular complexity index is 736. The van der Waals surface area contributed by atoms with Gasteiger partial charge in [-0.1, -0.05) is 30.3 Å². The highest BCUT2D eigenvalue weighted by molar-refractivity contribution is 6.04. The molecule has 2 aromatic rings. The van der Waals surface area contributed by atoms with Crippen LogP contribution >= 0.6 is 0 Å². The summed E-state index contributed by atoms with van der Waals surface area (Å²) in [6, 6.07) is 13.9. The van der Waals surface area contributed by atoms with Gasteiger partial charge in [-0.15, -0.1) is 0 Å². The van der Waals surface area contributed by atoms with Gasteiger partial charge in [-0.3, -0.25) is 0 Å². The molecule has 0 unspecified atom stereocenters. The monoisotopic (exact) mass is 311 g/mol. The molecule has 4 heteroatoms. The van der Waals surface area contributed by atoms with Gasteiger partial charge in [-0.05, 0) is 31.5 Å². The summed E-state index contributed by atoms with van der Waals surface area (Å²) in [5.41, 5.74) is 2.67. The summed E-state index contributed by atoms with van der Waals surface area (Å²) in [6.45, 7) is 4.69. The van der Waals surface area contributed by atoms with Crippen molar-refractivity contribution in [1.29, 1.82) is 0 Å². The Labute approximate surface area is 136 Å². The maximum atomic E-state index is 5.84. The van der Waals surface area contributed by atoms with Crippen molar-refractivity contribution in [2.75, 3.05) is 20.8 Å². The van der Waals surface area contributed by atoms with Crippen molar-refractivity contribution >= 4 is 5.90 Å². The Morgan fingerprint density at radius 2 is 1.74 bits per heavy atom. The molecule has 0 bridgehead atoms. The Balaban J connectivity index is 2.25. The Hall–Kier alpha value is -2.49. The molecule has 23 heavy (non-hydrogen) atoms. The third kappa shape index (κ3) is 2.89. The lowest BCUT2D eigenvalue weighted by Crippen LogP contribution is -2.17. The molecule has 2 aromatic carbocycles. The first-order valence-corrected chi connectivity index (χ1v) is 7.59. The molecule has 0 aromatic heterocycles. The van der Waals surface area contributed by atoms with E-state index in [9.17, 15) is 0 Å². The van der Waals surface area contributed by atoms with Crippen LogP contribution in [0.1, 0.15) is 19.4 Å². The zero-order valence-electron chi connectivity index (χ0n) is 13.9. The lowest BCUT2D eigenvalue weighted by molar-refractivity contribution is 0.279. The molecule has 0 atom stereocenters. The molecule has 1 aliphatic heterocycles. The number of benzene rings is 2. The first-order valence-electron chi connectivity index (χ1n) is 7.59. The van der Waals surface area contributed by atoms with Gasteiger partial charge >= 0.3 is 0 Å². The summed E-state index contributed by atoms with van der Waals surface area (Å²) < 4.78 is 16.9. The summed E-state index contributed by atoms with van der Waals surface area (Å²) in [6.07, 6.45) is 0. The van der Waals surface area contributed by atoms with E-state index >= 15 is 0 Å². The molecule has 0 radical (unpaired) electrons. The highest BCUT2D eigenvalue weighted by Gasteiger charge is 2.30. The lowest BCUT2D eigenvalue weighted by Gasteiger charge is -2.17. The van der Waals surface area contributed by atoms with Gasteiger partial charge in [0, 0.05) is 11.1 Å². The van der Waals surface area contributed by atoms with Crippen molar-refractivity contribution in [1.82, 2.24) is 0 Å². The van der Waals surface area contributed by atoms with Crippen LogP contribution in [0.4, 0.5) is 0 Å². The minimum atomic E-state index is -0.212. The zero-order chi connectivity index (χ0) is 16.4. The van der Waals surface area contributed by atoms with E-state index in [2.05, 4.69) is 13.8 Å². The van der Waals surface area contributed by atoms with Crippen LogP contribution in [0.3, 0.4) is 0 Å². The maximum Gasteiger partial charge on any atom is 0.217 e. The van der Waals surface area contributed by atoms with Crippen molar-refractivity contribution in [3.63, 3.8) is 0 Å². The quantitative estimate of drug-likeness (QED) is 0.859. The SMILES string of the molecule is COc1ccc(C2=NC(C)(C)CO2)c(-c2ccccc2)c1OC. The third-order valence-electron chi connectivity index (χ3n) is 3.80. The minimum Gasteiger partial charge on any atom is -0.493 e. The largest absolute Gasteiger partial charge is 0.493 e. The van der Waals surface area contributed by atoms with Crippen LogP contribution < -0.4 is 9.47 Å². The minimum absolute atomic E-state index is 0.212. The first-order chi connectivity index (χ1) is 11.1. The second-order valence-electron chi connectivity index (χ2n) is 6.11. The predicted molar refractivity (Wildman–Crippen MR) is 91.6 cm³/mol. The lowest BCUT2D eigenvalue weighted by atomic mass is 9.97. The van der Waals surface area contributed by atoms with Crippen LogP contribution in [0.2, 0.25) is 0 Å². The summed E-state index contributed by atoms with van der Waals surface area (Å²) in [5, 5.41) is 0. The summed E-state index contributed by atoms with van der Waals surface area (Å²) in [4.78, 5) is 4.71. The van der Waals surface area contributed by atoms with E-state index in [-0.39, 0.29) is 5.54 Å². The average Bonchev–Trinajstić information content (AvgIpc) is 2.94. The predicted octanol–water partition coefficient (Wildman–Crippen LogP) is 3.93. The number of nitrogens with zero attached hydrogens (tertiary/aromatic N) is 1.